The predicted molar refractivity (Wildman–Crippen MR) is 113 cm³/mol. The number of hydrogen-bond donors (Lipinski definition) is 0. The maximum Gasteiger partial charge on any atom is 0.135 e. The summed E-state index contributed by atoms with van der Waals surface area (Å²) < 4.78 is 11.2. The van der Waals surface area contributed by atoms with E-state index in [1.54, 1.807) is 14.2 Å². The van der Waals surface area contributed by atoms with Crippen molar-refractivity contribution < 1.29 is 9.47 Å². The van der Waals surface area contributed by atoms with Crippen molar-refractivity contribution in [3.05, 3.63) is 84.9 Å². The van der Waals surface area contributed by atoms with Crippen LogP contribution in [0.15, 0.2) is 72.8 Å². The highest BCUT2D eigenvalue weighted by Gasteiger charge is 2.18. The SMILES string of the molecule is COc1[c]ccc(-c2cc3[c]c(OC)c2-c2ccc(cc2)-c2ccc-3cc2)c1. The van der Waals surface area contributed by atoms with E-state index in [1.165, 1.54) is 11.1 Å². The van der Waals surface area contributed by atoms with Crippen molar-refractivity contribution in [2.75, 3.05) is 14.2 Å². The van der Waals surface area contributed by atoms with Gasteiger partial charge in [0.1, 0.15) is 11.5 Å². The lowest BCUT2D eigenvalue weighted by molar-refractivity contribution is 0.414. The van der Waals surface area contributed by atoms with E-state index in [9.17, 15) is 0 Å². The van der Waals surface area contributed by atoms with Gasteiger partial charge in [0.15, 0.2) is 0 Å². The van der Waals surface area contributed by atoms with E-state index in [0.29, 0.717) is 5.75 Å². The van der Waals surface area contributed by atoms with Gasteiger partial charge in [-0.25, -0.2) is 0 Å². The summed E-state index contributed by atoms with van der Waals surface area (Å²) in [6.45, 7) is 0. The zero-order valence-electron chi connectivity index (χ0n) is 15.7. The quantitative estimate of drug-likeness (QED) is 0.376. The molecule has 0 heterocycles. The number of rotatable bonds is 3. The van der Waals surface area contributed by atoms with Gasteiger partial charge < -0.3 is 9.47 Å². The van der Waals surface area contributed by atoms with Crippen LogP contribution in [0.3, 0.4) is 0 Å². The van der Waals surface area contributed by atoms with Crippen LogP contribution in [0.25, 0.3) is 44.5 Å². The number of benzene rings is 4. The molecule has 7 aliphatic rings. The Morgan fingerprint density at radius 1 is 0.643 bits per heavy atom. The van der Waals surface area contributed by atoms with Gasteiger partial charge in [-0.3, -0.25) is 0 Å². The van der Waals surface area contributed by atoms with Crippen molar-refractivity contribution in [2.45, 2.75) is 0 Å². The monoisotopic (exact) mass is 362 g/mol. The lowest BCUT2D eigenvalue weighted by Gasteiger charge is -2.19. The van der Waals surface area contributed by atoms with E-state index in [1.807, 2.05) is 18.2 Å². The summed E-state index contributed by atoms with van der Waals surface area (Å²) in [5.41, 5.74) is 8.78. The third kappa shape index (κ3) is 2.66. The van der Waals surface area contributed by atoms with Gasteiger partial charge >= 0.3 is 0 Å². The molecule has 0 saturated carbocycles. The topological polar surface area (TPSA) is 18.5 Å². The Hall–Kier alpha value is -3.52. The molecule has 11 rings (SSSR count). The number of methoxy groups -OCH3 is 2. The van der Waals surface area contributed by atoms with Gasteiger partial charge in [0.05, 0.1) is 14.2 Å². The molecular weight excluding hydrogens is 344 g/mol. The summed E-state index contributed by atoms with van der Waals surface area (Å²) in [4.78, 5) is 0. The highest BCUT2D eigenvalue weighted by Crippen LogP contribution is 2.44. The van der Waals surface area contributed by atoms with E-state index in [0.717, 1.165) is 39.1 Å². The molecule has 0 unspecified atom stereocenters. The molecule has 4 aromatic carbocycles. The smallest absolute Gasteiger partial charge is 0.135 e. The lowest BCUT2D eigenvalue weighted by atomic mass is 9.88. The molecule has 0 spiro atoms. The second kappa shape index (κ2) is 6.58. The fourth-order valence-electron chi connectivity index (χ4n) is 3.78. The minimum Gasteiger partial charge on any atom is -0.496 e. The van der Waals surface area contributed by atoms with E-state index in [2.05, 4.69) is 66.7 Å². The Bertz CT molecular complexity index is 1160. The fraction of sp³-hybridized carbons (Fsp3) is 0.0769. The average molecular weight is 362 g/mol. The van der Waals surface area contributed by atoms with Crippen molar-refractivity contribution in [2.24, 2.45) is 0 Å². The molecule has 28 heavy (non-hydrogen) atoms. The zero-order chi connectivity index (χ0) is 19.1. The van der Waals surface area contributed by atoms with Crippen LogP contribution < -0.4 is 9.47 Å². The summed E-state index contributed by atoms with van der Waals surface area (Å²) in [5, 5.41) is 0. The standard InChI is InChI=1S/C26H18O2/c1-27-23-5-3-4-21(14-23)24-15-22-16-25(28-2)26(24)20-12-10-18(11-13-20)17-6-8-19(22)9-7-17/h3-4,6-15H,1-2H3. The average Bonchev–Trinajstić information content (AvgIpc) is 2.77. The highest BCUT2D eigenvalue weighted by molar-refractivity contribution is 5.92. The van der Waals surface area contributed by atoms with Crippen LogP contribution in [0.1, 0.15) is 0 Å². The summed E-state index contributed by atoms with van der Waals surface area (Å²) in [6.07, 6.45) is 0. The Kier molecular flexibility index (Phi) is 3.91. The molecule has 0 N–H and O–H groups in total. The molecule has 0 saturated heterocycles. The van der Waals surface area contributed by atoms with Crippen LogP contribution in [0, 0.1) is 12.1 Å². The van der Waals surface area contributed by atoms with E-state index in [-0.39, 0.29) is 0 Å². The van der Waals surface area contributed by atoms with Gasteiger partial charge in [0, 0.05) is 17.7 Å². The van der Waals surface area contributed by atoms with Gasteiger partial charge in [0.2, 0.25) is 0 Å². The highest BCUT2D eigenvalue weighted by atomic mass is 16.5. The molecular formula is C26H18O2. The summed E-state index contributed by atoms with van der Waals surface area (Å²) >= 11 is 0. The van der Waals surface area contributed by atoms with Gasteiger partial charge in [-0.05, 0) is 57.1 Å². The summed E-state index contributed by atoms with van der Waals surface area (Å²) in [6, 6.07) is 31.9. The van der Waals surface area contributed by atoms with E-state index < -0.39 is 0 Å². The lowest BCUT2D eigenvalue weighted by Crippen LogP contribution is -1.96. The Morgan fingerprint density at radius 2 is 1.29 bits per heavy atom. The van der Waals surface area contributed by atoms with Crippen LogP contribution in [0.5, 0.6) is 11.5 Å². The summed E-state index contributed by atoms with van der Waals surface area (Å²) in [7, 11) is 3.36. The first kappa shape index (κ1) is 16.6. The van der Waals surface area contributed by atoms with E-state index in [4.69, 9.17) is 9.47 Å². The molecule has 0 aromatic heterocycles. The molecule has 2 heteroatoms. The second-order valence-electron chi connectivity index (χ2n) is 6.81. The Morgan fingerprint density at radius 3 is 1.93 bits per heavy atom. The Labute approximate surface area is 165 Å². The van der Waals surface area contributed by atoms with Gasteiger partial charge in [-0.2, -0.15) is 0 Å². The molecule has 0 amide bonds. The minimum absolute atomic E-state index is 0.706. The molecule has 4 aromatic rings. The third-order valence-electron chi connectivity index (χ3n) is 5.25. The largest absolute Gasteiger partial charge is 0.496 e. The third-order valence-corrected chi connectivity index (χ3v) is 5.25. The fourth-order valence-corrected chi connectivity index (χ4v) is 3.78. The molecule has 7 aliphatic carbocycles. The van der Waals surface area contributed by atoms with Crippen molar-refractivity contribution in [1.29, 1.82) is 0 Å². The van der Waals surface area contributed by atoms with Crippen LogP contribution in [0.4, 0.5) is 0 Å². The minimum atomic E-state index is 0.706. The van der Waals surface area contributed by atoms with Crippen LogP contribution >= 0.6 is 0 Å². The first-order valence-electron chi connectivity index (χ1n) is 9.18. The van der Waals surface area contributed by atoms with Crippen LogP contribution in [-0.2, 0) is 0 Å². The van der Waals surface area contributed by atoms with Crippen molar-refractivity contribution in [3.63, 3.8) is 0 Å². The molecule has 2 radical (unpaired) electrons. The van der Waals surface area contributed by atoms with Crippen molar-refractivity contribution in [3.8, 4) is 56.0 Å². The number of hydrogen-bond acceptors (Lipinski definition) is 2. The molecule has 134 valence electrons. The number of ether oxygens (including phenoxy) is 2. The Balaban J connectivity index is 1.90. The van der Waals surface area contributed by atoms with Gasteiger partial charge in [-0.1, -0.05) is 54.6 Å². The van der Waals surface area contributed by atoms with Crippen LogP contribution in [0.2, 0.25) is 0 Å². The molecule has 0 aliphatic heterocycles. The second-order valence-corrected chi connectivity index (χ2v) is 6.81. The molecule has 0 atom stereocenters. The van der Waals surface area contributed by atoms with E-state index >= 15 is 0 Å². The first-order valence-corrected chi connectivity index (χ1v) is 9.18. The summed E-state index contributed by atoms with van der Waals surface area (Å²) in [5.74, 6) is 1.44. The van der Waals surface area contributed by atoms with Gasteiger partial charge in [-0.15, -0.1) is 0 Å². The first-order chi connectivity index (χ1) is 13.8. The van der Waals surface area contributed by atoms with Gasteiger partial charge in [0.25, 0.3) is 0 Å². The molecule has 0 fully saturated rings. The van der Waals surface area contributed by atoms with Crippen molar-refractivity contribution in [1.82, 2.24) is 0 Å². The maximum atomic E-state index is 5.80. The normalized spacial score (nSPS) is 11.2. The van der Waals surface area contributed by atoms with Crippen LogP contribution in [-0.4, -0.2) is 14.2 Å². The maximum absolute atomic E-state index is 5.80. The zero-order valence-corrected chi connectivity index (χ0v) is 15.7. The predicted octanol–water partition coefficient (Wildman–Crippen LogP) is 6.29. The molecule has 2 nitrogen and oxygen atoms in total. The van der Waals surface area contributed by atoms with Crippen molar-refractivity contribution >= 4 is 0 Å². The molecule has 6 bridgehead atoms.